The van der Waals surface area contributed by atoms with Crippen molar-refractivity contribution in [2.75, 3.05) is 0 Å². The lowest BCUT2D eigenvalue weighted by atomic mass is 9.96. The van der Waals surface area contributed by atoms with Gasteiger partial charge < -0.3 is 5.11 Å². The SMILES string of the molecule is Cc1cc(Cl)ccc1-c1ccccc1C(=O)O. The zero-order valence-corrected chi connectivity index (χ0v) is 10.0. The molecule has 0 unspecified atom stereocenters. The molecule has 2 nitrogen and oxygen atoms in total. The van der Waals surface area contributed by atoms with Crippen LogP contribution in [0.15, 0.2) is 42.5 Å². The fourth-order valence-electron chi connectivity index (χ4n) is 1.83. The van der Waals surface area contributed by atoms with Crippen molar-refractivity contribution in [1.29, 1.82) is 0 Å². The van der Waals surface area contributed by atoms with E-state index in [0.29, 0.717) is 16.1 Å². The van der Waals surface area contributed by atoms with Crippen molar-refractivity contribution in [3.8, 4) is 11.1 Å². The Hall–Kier alpha value is -1.80. The molecule has 0 saturated heterocycles. The summed E-state index contributed by atoms with van der Waals surface area (Å²) in [7, 11) is 0. The molecule has 0 amide bonds. The summed E-state index contributed by atoms with van der Waals surface area (Å²) in [5.41, 5.74) is 2.88. The molecule has 2 aromatic carbocycles. The number of aromatic carboxylic acids is 1. The Morgan fingerprint density at radius 2 is 1.82 bits per heavy atom. The standard InChI is InChI=1S/C14H11ClO2/c1-9-8-10(15)6-7-11(9)12-4-2-3-5-13(12)14(16)17/h2-8H,1H3,(H,16,17). The van der Waals surface area contributed by atoms with Crippen molar-refractivity contribution in [2.45, 2.75) is 6.92 Å². The maximum atomic E-state index is 11.1. The summed E-state index contributed by atoms with van der Waals surface area (Å²) in [6.07, 6.45) is 0. The van der Waals surface area contributed by atoms with Crippen LogP contribution < -0.4 is 0 Å². The number of benzene rings is 2. The van der Waals surface area contributed by atoms with Gasteiger partial charge in [-0.3, -0.25) is 0 Å². The quantitative estimate of drug-likeness (QED) is 0.869. The van der Waals surface area contributed by atoms with Gasteiger partial charge in [0.1, 0.15) is 0 Å². The van der Waals surface area contributed by atoms with Crippen molar-refractivity contribution >= 4 is 17.6 Å². The highest BCUT2D eigenvalue weighted by Crippen LogP contribution is 2.28. The van der Waals surface area contributed by atoms with E-state index in [-0.39, 0.29) is 0 Å². The smallest absolute Gasteiger partial charge is 0.336 e. The van der Waals surface area contributed by atoms with Gasteiger partial charge in [-0.05, 0) is 41.8 Å². The molecule has 0 bridgehead atoms. The Bertz CT molecular complexity index is 576. The second kappa shape index (κ2) is 4.60. The molecule has 0 spiro atoms. The lowest BCUT2D eigenvalue weighted by Gasteiger charge is -2.09. The molecular formula is C14H11ClO2. The molecule has 2 rings (SSSR count). The van der Waals surface area contributed by atoms with Crippen LogP contribution in [-0.2, 0) is 0 Å². The minimum absolute atomic E-state index is 0.304. The zero-order valence-electron chi connectivity index (χ0n) is 9.27. The number of carbonyl (C=O) groups is 1. The molecule has 86 valence electrons. The summed E-state index contributed by atoms with van der Waals surface area (Å²) in [5, 5.41) is 9.80. The second-order valence-electron chi connectivity index (χ2n) is 3.81. The lowest BCUT2D eigenvalue weighted by Crippen LogP contribution is -1.99. The average Bonchev–Trinajstić information content (AvgIpc) is 2.29. The van der Waals surface area contributed by atoms with Crippen molar-refractivity contribution in [1.82, 2.24) is 0 Å². The molecule has 0 fully saturated rings. The summed E-state index contributed by atoms with van der Waals surface area (Å²) in [4.78, 5) is 11.1. The summed E-state index contributed by atoms with van der Waals surface area (Å²) in [5.74, 6) is -0.921. The third-order valence-corrected chi connectivity index (χ3v) is 2.87. The van der Waals surface area contributed by atoms with Gasteiger partial charge in [0, 0.05) is 5.02 Å². The first-order valence-electron chi connectivity index (χ1n) is 5.18. The number of rotatable bonds is 2. The molecule has 0 aliphatic carbocycles. The lowest BCUT2D eigenvalue weighted by molar-refractivity contribution is 0.0698. The average molecular weight is 247 g/mol. The Kier molecular flexibility index (Phi) is 3.16. The van der Waals surface area contributed by atoms with E-state index >= 15 is 0 Å². The Labute approximate surface area is 104 Å². The van der Waals surface area contributed by atoms with Crippen LogP contribution in [0.25, 0.3) is 11.1 Å². The zero-order chi connectivity index (χ0) is 12.4. The highest BCUT2D eigenvalue weighted by atomic mass is 35.5. The van der Waals surface area contributed by atoms with Crippen LogP contribution >= 0.6 is 11.6 Å². The first kappa shape index (κ1) is 11.7. The number of carboxylic acids is 1. The predicted octanol–water partition coefficient (Wildman–Crippen LogP) is 4.01. The maximum Gasteiger partial charge on any atom is 0.336 e. The molecule has 3 heteroatoms. The minimum atomic E-state index is -0.921. The van der Waals surface area contributed by atoms with E-state index in [1.165, 1.54) is 0 Å². The molecule has 2 aromatic rings. The highest BCUT2D eigenvalue weighted by Gasteiger charge is 2.12. The Morgan fingerprint density at radius 3 is 2.47 bits per heavy atom. The van der Waals surface area contributed by atoms with Crippen LogP contribution in [0.2, 0.25) is 5.02 Å². The Morgan fingerprint density at radius 1 is 1.12 bits per heavy atom. The van der Waals surface area contributed by atoms with E-state index < -0.39 is 5.97 Å². The van der Waals surface area contributed by atoms with Gasteiger partial charge in [0.2, 0.25) is 0 Å². The van der Waals surface area contributed by atoms with Crippen LogP contribution in [0.1, 0.15) is 15.9 Å². The van der Waals surface area contributed by atoms with Crippen LogP contribution in [0, 0.1) is 6.92 Å². The monoisotopic (exact) mass is 246 g/mol. The normalized spacial score (nSPS) is 10.2. The fraction of sp³-hybridized carbons (Fsp3) is 0.0714. The Balaban J connectivity index is 2.64. The first-order valence-corrected chi connectivity index (χ1v) is 5.56. The number of hydrogen-bond acceptors (Lipinski definition) is 1. The molecule has 1 N–H and O–H groups in total. The molecule has 0 aliphatic heterocycles. The molecule has 17 heavy (non-hydrogen) atoms. The molecule has 0 heterocycles. The van der Waals surface area contributed by atoms with Gasteiger partial charge in [0.15, 0.2) is 0 Å². The van der Waals surface area contributed by atoms with Crippen molar-refractivity contribution in [2.24, 2.45) is 0 Å². The van der Waals surface area contributed by atoms with Crippen LogP contribution in [0.3, 0.4) is 0 Å². The molecule has 0 atom stereocenters. The summed E-state index contributed by atoms with van der Waals surface area (Å²) in [6, 6.07) is 12.4. The number of aryl methyl sites for hydroxylation is 1. The van der Waals surface area contributed by atoms with Crippen LogP contribution in [-0.4, -0.2) is 11.1 Å². The summed E-state index contributed by atoms with van der Waals surface area (Å²) < 4.78 is 0. The van der Waals surface area contributed by atoms with E-state index in [1.807, 2.05) is 25.1 Å². The number of halogens is 1. The molecular weight excluding hydrogens is 236 g/mol. The van der Waals surface area contributed by atoms with Gasteiger partial charge in [0.25, 0.3) is 0 Å². The van der Waals surface area contributed by atoms with Crippen molar-refractivity contribution in [3.05, 3.63) is 58.6 Å². The predicted molar refractivity (Wildman–Crippen MR) is 68.6 cm³/mol. The number of carboxylic acid groups (broad SMARTS) is 1. The third-order valence-electron chi connectivity index (χ3n) is 2.64. The number of hydrogen-bond donors (Lipinski definition) is 1. The minimum Gasteiger partial charge on any atom is -0.478 e. The molecule has 0 aromatic heterocycles. The van der Waals surface area contributed by atoms with Gasteiger partial charge in [-0.1, -0.05) is 35.9 Å². The van der Waals surface area contributed by atoms with E-state index in [1.54, 1.807) is 24.3 Å². The van der Waals surface area contributed by atoms with Gasteiger partial charge in [-0.2, -0.15) is 0 Å². The van der Waals surface area contributed by atoms with Crippen LogP contribution in [0.4, 0.5) is 0 Å². The molecule has 0 saturated carbocycles. The van der Waals surface area contributed by atoms with E-state index in [9.17, 15) is 4.79 Å². The van der Waals surface area contributed by atoms with Crippen LogP contribution in [0.5, 0.6) is 0 Å². The summed E-state index contributed by atoms with van der Waals surface area (Å²) in [6.45, 7) is 1.92. The molecule has 0 radical (unpaired) electrons. The van der Waals surface area contributed by atoms with Gasteiger partial charge in [-0.25, -0.2) is 4.79 Å². The largest absolute Gasteiger partial charge is 0.478 e. The van der Waals surface area contributed by atoms with Crippen molar-refractivity contribution < 1.29 is 9.90 Å². The van der Waals surface area contributed by atoms with Crippen molar-refractivity contribution in [3.63, 3.8) is 0 Å². The van der Waals surface area contributed by atoms with Gasteiger partial charge in [0.05, 0.1) is 5.56 Å². The molecule has 0 aliphatic rings. The van der Waals surface area contributed by atoms with Gasteiger partial charge >= 0.3 is 5.97 Å². The van der Waals surface area contributed by atoms with Gasteiger partial charge in [-0.15, -0.1) is 0 Å². The summed E-state index contributed by atoms with van der Waals surface area (Å²) >= 11 is 5.89. The second-order valence-corrected chi connectivity index (χ2v) is 4.25. The topological polar surface area (TPSA) is 37.3 Å². The van der Waals surface area contributed by atoms with E-state index in [4.69, 9.17) is 16.7 Å². The van der Waals surface area contributed by atoms with E-state index in [2.05, 4.69) is 0 Å². The fourth-order valence-corrected chi connectivity index (χ4v) is 2.06. The first-order chi connectivity index (χ1) is 8.09. The highest BCUT2D eigenvalue weighted by molar-refractivity contribution is 6.30. The third kappa shape index (κ3) is 2.32. The maximum absolute atomic E-state index is 11.1. The van der Waals surface area contributed by atoms with E-state index in [0.717, 1.165) is 11.1 Å².